The standard InChI is InChI=1S/C15H29NO2/c1-5-9-15(4,13(17)18)16-12-7-6-10-14(2,3)11-8-12/h12,16H,5-11H2,1-4H3,(H,17,18). The minimum atomic E-state index is -0.756. The fourth-order valence-electron chi connectivity index (χ4n) is 3.00. The minimum absolute atomic E-state index is 0.361. The van der Waals surface area contributed by atoms with E-state index < -0.39 is 11.5 Å². The largest absolute Gasteiger partial charge is 0.480 e. The average molecular weight is 255 g/mol. The maximum Gasteiger partial charge on any atom is 0.323 e. The lowest BCUT2D eigenvalue weighted by atomic mass is 9.85. The highest BCUT2D eigenvalue weighted by molar-refractivity contribution is 5.78. The Bertz CT molecular complexity index is 288. The summed E-state index contributed by atoms with van der Waals surface area (Å²) in [7, 11) is 0. The molecule has 2 N–H and O–H groups in total. The Labute approximate surface area is 111 Å². The third-order valence-corrected chi connectivity index (χ3v) is 4.32. The normalized spacial score (nSPS) is 27.2. The van der Waals surface area contributed by atoms with Crippen LogP contribution in [0.15, 0.2) is 0 Å². The van der Waals surface area contributed by atoms with E-state index in [9.17, 15) is 9.90 Å². The summed E-state index contributed by atoms with van der Waals surface area (Å²) in [6, 6.07) is 0.361. The van der Waals surface area contributed by atoms with Crippen LogP contribution in [0.3, 0.4) is 0 Å². The topological polar surface area (TPSA) is 49.3 Å². The van der Waals surface area contributed by atoms with Crippen molar-refractivity contribution < 1.29 is 9.90 Å². The lowest BCUT2D eigenvalue weighted by molar-refractivity contribution is -0.145. The van der Waals surface area contributed by atoms with Crippen LogP contribution in [0.5, 0.6) is 0 Å². The number of carbonyl (C=O) groups is 1. The first-order valence-electron chi connectivity index (χ1n) is 7.30. The molecule has 1 aliphatic carbocycles. The van der Waals surface area contributed by atoms with Crippen LogP contribution < -0.4 is 5.32 Å². The Morgan fingerprint density at radius 1 is 1.39 bits per heavy atom. The van der Waals surface area contributed by atoms with E-state index in [1.807, 2.05) is 13.8 Å². The van der Waals surface area contributed by atoms with Gasteiger partial charge in [-0.2, -0.15) is 0 Å². The summed E-state index contributed by atoms with van der Waals surface area (Å²) in [6.07, 6.45) is 7.44. The van der Waals surface area contributed by atoms with Gasteiger partial charge in [0.2, 0.25) is 0 Å². The minimum Gasteiger partial charge on any atom is -0.480 e. The molecule has 1 saturated carbocycles. The second-order valence-corrected chi connectivity index (χ2v) is 6.82. The second-order valence-electron chi connectivity index (χ2n) is 6.82. The molecule has 1 rings (SSSR count). The zero-order chi connectivity index (χ0) is 13.8. The zero-order valence-corrected chi connectivity index (χ0v) is 12.4. The number of carboxylic acids is 1. The molecule has 3 nitrogen and oxygen atoms in total. The number of carboxylic acid groups (broad SMARTS) is 1. The SMILES string of the molecule is CCCC(C)(NC1CCCC(C)(C)CC1)C(=O)O. The zero-order valence-electron chi connectivity index (χ0n) is 12.4. The van der Waals surface area contributed by atoms with Gasteiger partial charge in [-0.25, -0.2) is 0 Å². The molecule has 0 aromatic heterocycles. The molecule has 0 saturated heterocycles. The second kappa shape index (κ2) is 6.05. The Hall–Kier alpha value is -0.570. The Balaban J connectivity index is 2.62. The van der Waals surface area contributed by atoms with Crippen molar-refractivity contribution in [2.45, 2.75) is 84.2 Å². The van der Waals surface area contributed by atoms with Gasteiger partial charge in [-0.3, -0.25) is 10.1 Å². The van der Waals surface area contributed by atoms with Crippen molar-refractivity contribution in [1.29, 1.82) is 0 Å². The summed E-state index contributed by atoms with van der Waals surface area (Å²) >= 11 is 0. The van der Waals surface area contributed by atoms with Gasteiger partial charge in [-0.05, 0) is 44.4 Å². The maximum atomic E-state index is 11.4. The van der Waals surface area contributed by atoms with Crippen molar-refractivity contribution in [1.82, 2.24) is 5.32 Å². The number of hydrogen-bond acceptors (Lipinski definition) is 2. The molecule has 0 heterocycles. The van der Waals surface area contributed by atoms with E-state index in [0.29, 0.717) is 17.9 Å². The monoisotopic (exact) mass is 255 g/mol. The molecule has 0 radical (unpaired) electrons. The van der Waals surface area contributed by atoms with Gasteiger partial charge < -0.3 is 5.11 Å². The van der Waals surface area contributed by atoms with Gasteiger partial charge in [0.25, 0.3) is 0 Å². The summed E-state index contributed by atoms with van der Waals surface area (Å²) < 4.78 is 0. The van der Waals surface area contributed by atoms with Crippen LogP contribution in [0.1, 0.15) is 72.6 Å². The van der Waals surface area contributed by atoms with Crippen molar-refractivity contribution in [2.24, 2.45) is 5.41 Å². The van der Waals surface area contributed by atoms with Gasteiger partial charge in [0.15, 0.2) is 0 Å². The van der Waals surface area contributed by atoms with Crippen molar-refractivity contribution in [3.8, 4) is 0 Å². The van der Waals surface area contributed by atoms with E-state index in [-0.39, 0.29) is 0 Å². The van der Waals surface area contributed by atoms with E-state index in [0.717, 1.165) is 19.3 Å². The van der Waals surface area contributed by atoms with Gasteiger partial charge in [0.1, 0.15) is 5.54 Å². The fourth-order valence-corrected chi connectivity index (χ4v) is 3.00. The number of aliphatic carboxylic acids is 1. The van der Waals surface area contributed by atoms with Crippen molar-refractivity contribution >= 4 is 5.97 Å². The summed E-state index contributed by atoms with van der Waals surface area (Å²) in [6.45, 7) is 8.50. The summed E-state index contributed by atoms with van der Waals surface area (Å²) in [5.74, 6) is -0.715. The Kier molecular flexibility index (Phi) is 5.20. The van der Waals surface area contributed by atoms with Gasteiger partial charge >= 0.3 is 5.97 Å². The molecule has 0 spiro atoms. The van der Waals surface area contributed by atoms with Gasteiger partial charge in [0.05, 0.1) is 0 Å². The fraction of sp³-hybridized carbons (Fsp3) is 0.933. The highest BCUT2D eigenvalue weighted by atomic mass is 16.4. The molecule has 0 bridgehead atoms. The van der Waals surface area contributed by atoms with Crippen LogP contribution >= 0.6 is 0 Å². The molecule has 1 fully saturated rings. The number of rotatable bonds is 5. The van der Waals surface area contributed by atoms with Gasteiger partial charge in [-0.15, -0.1) is 0 Å². The van der Waals surface area contributed by atoms with Gasteiger partial charge in [-0.1, -0.05) is 33.6 Å². The maximum absolute atomic E-state index is 11.4. The molecule has 106 valence electrons. The third kappa shape index (κ3) is 4.27. The van der Waals surface area contributed by atoms with Crippen molar-refractivity contribution in [3.05, 3.63) is 0 Å². The predicted octanol–water partition coefficient (Wildman–Crippen LogP) is 3.58. The Morgan fingerprint density at radius 2 is 2.06 bits per heavy atom. The lowest BCUT2D eigenvalue weighted by Gasteiger charge is -2.31. The molecule has 2 atom stereocenters. The lowest BCUT2D eigenvalue weighted by Crippen LogP contribution is -2.53. The van der Waals surface area contributed by atoms with Crippen LogP contribution in [0.4, 0.5) is 0 Å². The Morgan fingerprint density at radius 3 is 2.61 bits per heavy atom. The van der Waals surface area contributed by atoms with Crippen molar-refractivity contribution in [3.63, 3.8) is 0 Å². The third-order valence-electron chi connectivity index (χ3n) is 4.32. The van der Waals surface area contributed by atoms with Gasteiger partial charge in [0, 0.05) is 6.04 Å². The molecular formula is C15H29NO2. The van der Waals surface area contributed by atoms with E-state index in [1.54, 1.807) is 0 Å². The van der Waals surface area contributed by atoms with Crippen LogP contribution in [0.25, 0.3) is 0 Å². The number of hydrogen-bond donors (Lipinski definition) is 2. The molecule has 1 aliphatic rings. The van der Waals surface area contributed by atoms with E-state index in [1.165, 1.54) is 19.3 Å². The molecule has 0 aromatic carbocycles. The van der Waals surface area contributed by atoms with Crippen LogP contribution in [0, 0.1) is 5.41 Å². The first-order valence-corrected chi connectivity index (χ1v) is 7.30. The smallest absolute Gasteiger partial charge is 0.323 e. The summed E-state index contributed by atoms with van der Waals surface area (Å²) in [4.78, 5) is 11.4. The van der Waals surface area contributed by atoms with E-state index in [4.69, 9.17) is 0 Å². The van der Waals surface area contributed by atoms with E-state index >= 15 is 0 Å². The van der Waals surface area contributed by atoms with E-state index in [2.05, 4.69) is 19.2 Å². The quantitative estimate of drug-likeness (QED) is 0.738. The molecular weight excluding hydrogens is 226 g/mol. The summed E-state index contributed by atoms with van der Waals surface area (Å²) in [5, 5.41) is 12.8. The highest BCUT2D eigenvalue weighted by Crippen LogP contribution is 2.34. The van der Waals surface area contributed by atoms with Crippen LogP contribution in [-0.4, -0.2) is 22.7 Å². The first-order chi connectivity index (χ1) is 8.29. The molecule has 3 heteroatoms. The number of nitrogens with one attached hydrogen (secondary N) is 1. The summed E-state index contributed by atoms with van der Waals surface area (Å²) in [5.41, 5.74) is -0.339. The van der Waals surface area contributed by atoms with Crippen LogP contribution in [-0.2, 0) is 4.79 Å². The molecule has 2 unspecified atom stereocenters. The molecule has 0 aliphatic heterocycles. The highest BCUT2D eigenvalue weighted by Gasteiger charge is 2.35. The molecule has 0 amide bonds. The van der Waals surface area contributed by atoms with Crippen molar-refractivity contribution in [2.75, 3.05) is 0 Å². The molecule has 0 aromatic rings. The first kappa shape index (κ1) is 15.5. The van der Waals surface area contributed by atoms with Crippen LogP contribution in [0.2, 0.25) is 0 Å². The average Bonchev–Trinajstić information content (AvgIpc) is 2.40. The predicted molar refractivity (Wildman–Crippen MR) is 74.7 cm³/mol. The molecule has 18 heavy (non-hydrogen) atoms.